The van der Waals surface area contributed by atoms with Crippen LogP contribution in [0.3, 0.4) is 0 Å². The van der Waals surface area contributed by atoms with Crippen LogP contribution in [0.4, 0.5) is 10.5 Å². The number of hydrogen-bond donors (Lipinski definition) is 2. The van der Waals surface area contributed by atoms with Gasteiger partial charge in [-0.15, -0.1) is 5.10 Å². The van der Waals surface area contributed by atoms with Gasteiger partial charge in [-0.05, 0) is 61.0 Å². The molecule has 3 amide bonds. The topological polar surface area (TPSA) is 102 Å². The molecule has 0 bridgehead atoms. The van der Waals surface area contributed by atoms with E-state index in [0.717, 1.165) is 22.9 Å². The molecule has 0 spiro atoms. The van der Waals surface area contributed by atoms with E-state index in [-0.39, 0.29) is 0 Å². The van der Waals surface area contributed by atoms with Crippen LogP contribution >= 0.6 is 23.4 Å². The summed E-state index contributed by atoms with van der Waals surface area (Å²) in [6.45, 7) is 5.52. The highest BCUT2D eigenvalue weighted by molar-refractivity contribution is 8.00. The van der Waals surface area contributed by atoms with Crippen LogP contribution in [-0.4, -0.2) is 37.4 Å². The lowest BCUT2D eigenvalue weighted by Gasteiger charge is -2.13. The first-order valence-electron chi connectivity index (χ1n) is 8.73. The molecule has 2 aromatic carbocycles. The van der Waals surface area contributed by atoms with Gasteiger partial charge in [0.1, 0.15) is 0 Å². The first kappa shape index (κ1) is 20.8. The number of tetrazole rings is 1. The van der Waals surface area contributed by atoms with Crippen molar-refractivity contribution in [1.82, 2.24) is 25.5 Å². The summed E-state index contributed by atoms with van der Waals surface area (Å²) >= 11 is 7.15. The molecule has 0 radical (unpaired) electrons. The summed E-state index contributed by atoms with van der Waals surface area (Å²) in [5.41, 5.74) is 3.32. The van der Waals surface area contributed by atoms with E-state index in [9.17, 15) is 9.59 Å². The molecule has 8 nitrogen and oxygen atoms in total. The minimum absolute atomic E-state index is 0.407. The number of halogens is 1. The van der Waals surface area contributed by atoms with Crippen molar-refractivity contribution in [3.8, 4) is 5.69 Å². The molecule has 0 aliphatic carbocycles. The largest absolute Gasteiger partial charge is 0.325 e. The molecule has 10 heteroatoms. The molecule has 0 saturated carbocycles. The van der Waals surface area contributed by atoms with E-state index in [4.69, 9.17) is 11.6 Å². The molecule has 3 rings (SSSR count). The van der Waals surface area contributed by atoms with Gasteiger partial charge in [-0.3, -0.25) is 10.1 Å². The van der Waals surface area contributed by atoms with E-state index in [1.807, 2.05) is 26.0 Å². The standard InChI is InChI=1S/C19H19ClN6O2S/c1-11-7-8-16(12(2)9-11)21-18(28)22-17(27)13(3)29-19-23-24-25-26(19)15-6-4-5-14(20)10-15/h4-10,13H,1-3H3,(H2,21,22,27,28). The van der Waals surface area contributed by atoms with Crippen LogP contribution in [0.25, 0.3) is 5.69 Å². The Hall–Kier alpha value is -2.91. The van der Waals surface area contributed by atoms with Crippen molar-refractivity contribution < 1.29 is 9.59 Å². The Morgan fingerprint density at radius 2 is 1.97 bits per heavy atom. The third-order valence-corrected chi connectivity index (χ3v) is 5.28. The number of hydrogen-bond acceptors (Lipinski definition) is 6. The zero-order valence-corrected chi connectivity index (χ0v) is 17.6. The van der Waals surface area contributed by atoms with Crippen LogP contribution in [0, 0.1) is 13.8 Å². The highest BCUT2D eigenvalue weighted by Gasteiger charge is 2.21. The summed E-state index contributed by atoms with van der Waals surface area (Å²) in [6.07, 6.45) is 0. The van der Waals surface area contributed by atoms with Crippen molar-refractivity contribution in [1.29, 1.82) is 0 Å². The summed E-state index contributed by atoms with van der Waals surface area (Å²) in [5.74, 6) is -0.460. The molecule has 1 unspecified atom stereocenters. The van der Waals surface area contributed by atoms with E-state index in [1.54, 1.807) is 37.3 Å². The summed E-state index contributed by atoms with van der Waals surface area (Å²) in [4.78, 5) is 24.6. The van der Waals surface area contributed by atoms with Crippen molar-refractivity contribution in [2.45, 2.75) is 31.2 Å². The van der Waals surface area contributed by atoms with Crippen molar-refractivity contribution in [3.05, 3.63) is 58.6 Å². The molecule has 3 aromatic rings. The van der Waals surface area contributed by atoms with Crippen molar-refractivity contribution in [2.24, 2.45) is 0 Å². The number of aryl methyl sites for hydroxylation is 2. The number of benzene rings is 2. The third-order valence-electron chi connectivity index (χ3n) is 4.01. The van der Waals surface area contributed by atoms with Gasteiger partial charge < -0.3 is 5.32 Å². The van der Waals surface area contributed by atoms with Gasteiger partial charge in [-0.1, -0.05) is 47.1 Å². The normalized spacial score (nSPS) is 11.7. The number of nitrogens with zero attached hydrogens (tertiary/aromatic N) is 4. The number of nitrogens with one attached hydrogen (secondary N) is 2. The van der Waals surface area contributed by atoms with Gasteiger partial charge in [0, 0.05) is 10.7 Å². The molecule has 1 atom stereocenters. The minimum atomic E-state index is -0.608. The highest BCUT2D eigenvalue weighted by Crippen LogP contribution is 2.24. The lowest BCUT2D eigenvalue weighted by atomic mass is 10.1. The lowest BCUT2D eigenvalue weighted by Crippen LogP contribution is -2.39. The quantitative estimate of drug-likeness (QED) is 0.597. The van der Waals surface area contributed by atoms with Gasteiger partial charge in [0.05, 0.1) is 10.9 Å². The SMILES string of the molecule is Cc1ccc(NC(=O)NC(=O)C(C)Sc2nnnn2-c2cccc(Cl)c2)c(C)c1. The summed E-state index contributed by atoms with van der Waals surface area (Å²) in [5, 5.41) is 16.9. The number of aromatic nitrogens is 4. The monoisotopic (exact) mass is 430 g/mol. The van der Waals surface area contributed by atoms with Crippen LogP contribution in [0.5, 0.6) is 0 Å². The highest BCUT2D eigenvalue weighted by atomic mass is 35.5. The second-order valence-electron chi connectivity index (χ2n) is 6.37. The fourth-order valence-electron chi connectivity index (χ4n) is 2.55. The first-order chi connectivity index (χ1) is 13.8. The van der Waals surface area contributed by atoms with E-state index >= 15 is 0 Å². The number of urea groups is 1. The number of amides is 3. The van der Waals surface area contributed by atoms with Crippen LogP contribution in [0.15, 0.2) is 47.6 Å². The van der Waals surface area contributed by atoms with E-state index in [0.29, 0.717) is 21.6 Å². The molecule has 1 heterocycles. The number of thioether (sulfide) groups is 1. The van der Waals surface area contributed by atoms with Crippen LogP contribution in [0.2, 0.25) is 5.02 Å². The average molecular weight is 431 g/mol. The number of imide groups is 1. The number of carbonyl (C=O) groups excluding carboxylic acids is 2. The zero-order chi connectivity index (χ0) is 21.0. The maximum Gasteiger partial charge on any atom is 0.325 e. The Morgan fingerprint density at radius 3 is 2.69 bits per heavy atom. The third kappa shape index (κ3) is 5.33. The molecule has 0 aliphatic rings. The second kappa shape index (κ2) is 9.06. The Kier molecular flexibility index (Phi) is 6.50. The van der Waals surface area contributed by atoms with Gasteiger partial charge in [0.15, 0.2) is 0 Å². The van der Waals surface area contributed by atoms with E-state index in [1.165, 1.54) is 4.68 Å². The van der Waals surface area contributed by atoms with E-state index < -0.39 is 17.2 Å². The fraction of sp³-hybridized carbons (Fsp3) is 0.211. The maximum absolute atomic E-state index is 12.4. The van der Waals surface area contributed by atoms with Gasteiger partial charge in [-0.2, -0.15) is 4.68 Å². The summed E-state index contributed by atoms with van der Waals surface area (Å²) < 4.78 is 1.48. The number of carbonyl (C=O) groups is 2. The lowest BCUT2D eigenvalue weighted by molar-refractivity contribution is -0.119. The van der Waals surface area contributed by atoms with Gasteiger partial charge in [0.25, 0.3) is 0 Å². The van der Waals surface area contributed by atoms with Gasteiger partial charge in [0.2, 0.25) is 11.1 Å². The summed E-state index contributed by atoms with van der Waals surface area (Å²) in [7, 11) is 0. The molecule has 150 valence electrons. The minimum Gasteiger partial charge on any atom is -0.307 e. The molecule has 0 aliphatic heterocycles. The van der Waals surface area contributed by atoms with Crippen molar-refractivity contribution in [2.75, 3.05) is 5.32 Å². The Balaban J connectivity index is 1.63. The molecule has 2 N–H and O–H groups in total. The molecule has 0 saturated heterocycles. The summed E-state index contributed by atoms with van der Waals surface area (Å²) in [6, 6.07) is 12.1. The predicted octanol–water partition coefficient (Wildman–Crippen LogP) is 3.76. The molecule has 1 aromatic heterocycles. The smallest absolute Gasteiger partial charge is 0.307 e. The molecule has 29 heavy (non-hydrogen) atoms. The van der Waals surface area contributed by atoms with Gasteiger partial charge >= 0.3 is 6.03 Å². The van der Waals surface area contributed by atoms with Crippen molar-refractivity contribution in [3.63, 3.8) is 0 Å². The van der Waals surface area contributed by atoms with Crippen LogP contribution in [0.1, 0.15) is 18.1 Å². The van der Waals surface area contributed by atoms with Crippen molar-refractivity contribution >= 4 is 41.0 Å². The van der Waals surface area contributed by atoms with Crippen LogP contribution in [-0.2, 0) is 4.79 Å². The molecule has 0 fully saturated rings. The fourth-order valence-corrected chi connectivity index (χ4v) is 3.55. The Bertz CT molecular complexity index is 1050. The Labute approximate surface area is 177 Å². The predicted molar refractivity (Wildman–Crippen MR) is 113 cm³/mol. The number of anilines is 1. The molecular formula is C19H19ClN6O2S. The van der Waals surface area contributed by atoms with Gasteiger partial charge in [-0.25, -0.2) is 4.79 Å². The van der Waals surface area contributed by atoms with E-state index in [2.05, 4.69) is 26.2 Å². The zero-order valence-electron chi connectivity index (χ0n) is 16.0. The molecular weight excluding hydrogens is 412 g/mol. The Morgan fingerprint density at radius 1 is 1.17 bits per heavy atom. The maximum atomic E-state index is 12.4. The van der Waals surface area contributed by atoms with Crippen LogP contribution < -0.4 is 10.6 Å². The number of rotatable bonds is 5. The average Bonchev–Trinajstić information content (AvgIpc) is 3.12. The second-order valence-corrected chi connectivity index (χ2v) is 8.12. The first-order valence-corrected chi connectivity index (χ1v) is 9.99.